The summed E-state index contributed by atoms with van der Waals surface area (Å²) in [6.07, 6.45) is -1.37. The van der Waals surface area contributed by atoms with Crippen LogP contribution in [0.1, 0.15) is 56.3 Å². The zero-order valence-corrected chi connectivity index (χ0v) is 27.0. The molecule has 2 fully saturated rings. The molecule has 1 aliphatic carbocycles. The average molecular weight is 704 g/mol. The molecule has 0 bridgehead atoms. The van der Waals surface area contributed by atoms with Gasteiger partial charge in [-0.25, -0.2) is 13.6 Å². The van der Waals surface area contributed by atoms with Gasteiger partial charge in [0.1, 0.15) is 23.3 Å². The minimum Gasteiger partial charge on any atom is -0.458 e. The molecule has 4 rings (SSSR count). The van der Waals surface area contributed by atoms with Crippen molar-refractivity contribution in [2.24, 2.45) is 10.9 Å². The van der Waals surface area contributed by atoms with Crippen molar-refractivity contribution in [3.05, 3.63) is 73.7 Å². The Balaban J connectivity index is 1.76. The van der Waals surface area contributed by atoms with E-state index < -0.39 is 46.9 Å². The Morgan fingerprint density at radius 2 is 1.89 bits per heavy atom. The molecule has 1 N–H and O–H groups in total. The molecule has 45 heavy (non-hydrogen) atoms. The third-order valence-corrected chi connectivity index (χ3v) is 7.74. The Morgan fingerprint density at radius 1 is 1.20 bits per heavy atom. The van der Waals surface area contributed by atoms with Gasteiger partial charge in [-0.2, -0.15) is 13.2 Å². The molecule has 1 saturated carbocycles. The number of hydrogen-bond acceptors (Lipinski definition) is 7. The van der Waals surface area contributed by atoms with Crippen molar-refractivity contribution in [3.8, 4) is 5.75 Å². The Morgan fingerprint density at radius 3 is 2.47 bits per heavy atom. The van der Waals surface area contributed by atoms with Gasteiger partial charge in [-0.3, -0.25) is 19.3 Å². The van der Waals surface area contributed by atoms with E-state index in [9.17, 15) is 27.2 Å². The van der Waals surface area contributed by atoms with Gasteiger partial charge in [0.15, 0.2) is 6.04 Å². The van der Waals surface area contributed by atoms with Crippen LogP contribution in [0.3, 0.4) is 0 Å². The van der Waals surface area contributed by atoms with Crippen LogP contribution in [0.25, 0.3) is 0 Å². The van der Waals surface area contributed by atoms with Crippen molar-refractivity contribution in [1.29, 1.82) is 0 Å². The van der Waals surface area contributed by atoms with E-state index in [0.717, 1.165) is 29.7 Å². The van der Waals surface area contributed by atoms with Crippen LogP contribution >= 0.6 is 15.9 Å². The molecule has 0 amide bonds. The molecule has 1 aliphatic heterocycles. The lowest BCUT2D eigenvalue weighted by Crippen LogP contribution is -2.49. The number of carbonyl (C=O) groups excluding carboxylic acids is 1. The first-order valence-electron chi connectivity index (χ1n) is 14.5. The number of esters is 1. The number of aliphatic imine (C=N–C) groups is 1. The fourth-order valence-corrected chi connectivity index (χ4v) is 5.17. The number of rotatable bonds is 12. The lowest BCUT2D eigenvalue weighted by atomic mass is 10.0. The fourth-order valence-electron chi connectivity index (χ4n) is 4.75. The van der Waals surface area contributed by atoms with E-state index in [4.69, 9.17) is 9.47 Å². The minimum absolute atomic E-state index is 0.0654. The third kappa shape index (κ3) is 9.38. The van der Waals surface area contributed by atoms with Crippen molar-refractivity contribution < 1.29 is 36.2 Å². The normalized spacial score (nSPS) is 17.6. The molecule has 8 nitrogen and oxygen atoms in total. The number of benzene rings is 1. The van der Waals surface area contributed by atoms with Crippen molar-refractivity contribution >= 4 is 28.1 Å². The van der Waals surface area contributed by atoms with Gasteiger partial charge in [0.25, 0.3) is 5.56 Å². The van der Waals surface area contributed by atoms with Gasteiger partial charge in [0.05, 0.1) is 10.0 Å². The number of allylic oxidation sites excluding steroid dienone is 1. The van der Waals surface area contributed by atoms with E-state index in [0.29, 0.717) is 23.0 Å². The Bertz CT molecular complexity index is 1510. The highest BCUT2D eigenvalue weighted by Crippen LogP contribution is 2.34. The molecule has 1 unspecified atom stereocenters. The maximum atomic E-state index is 15.5. The highest BCUT2D eigenvalue weighted by molar-refractivity contribution is 9.12. The Hall–Kier alpha value is -3.26. The highest BCUT2D eigenvalue weighted by Gasteiger charge is 2.38. The van der Waals surface area contributed by atoms with Gasteiger partial charge in [0, 0.05) is 57.3 Å². The Kier molecular flexibility index (Phi) is 10.8. The maximum absolute atomic E-state index is 15.5. The van der Waals surface area contributed by atoms with Crippen LogP contribution in [0.5, 0.6) is 5.75 Å². The van der Waals surface area contributed by atoms with Crippen LogP contribution < -0.4 is 15.6 Å². The third-order valence-electron chi connectivity index (χ3n) is 7.18. The largest absolute Gasteiger partial charge is 0.458 e. The molecule has 0 spiro atoms. The smallest absolute Gasteiger partial charge is 0.416 e. The molecule has 1 aromatic heterocycles. The molecular formula is C31H36BrF5N4O4. The summed E-state index contributed by atoms with van der Waals surface area (Å²) in [5.41, 5.74) is -4.11. The second-order valence-corrected chi connectivity index (χ2v) is 13.0. The van der Waals surface area contributed by atoms with Crippen LogP contribution in [0.15, 0.2) is 50.6 Å². The summed E-state index contributed by atoms with van der Waals surface area (Å²) in [7, 11) is 1.59. The van der Waals surface area contributed by atoms with E-state index in [1.807, 2.05) is 0 Å². The van der Waals surface area contributed by atoms with E-state index in [-0.39, 0.29) is 48.8 Å². The summed E-state index contributed by atoms with van der Waals surface area (Å²) in [6, 6.07) is 2.10. The SMILES string of the molecule is CN/C(Oc1ccc(F)c(C(C(=O)OC(C)(C)C)n2cc(CCN3CC(F)C3)c(C(F)(F)F)cc2=O)c1)=C(/Br)C=NCC1CC1. The first-order valence-corrected chi connectivity index (χ1v) is 15.3. The number of aromatic nitrogens is 1. The Labute approximate surface area is 266 Å². The predicted molar refractivity (Wildman–Crippen MR) is 163 cm³/mol. The molecular weight excluding hydrogens is 667 g/mol. The summed E-state index contributed by atoms with van der Waals surface area (Å²) in [4.78, 5) is 32.8. The van der Waals surface area contributed by atoms with Crippen LogP contribution in [0, 0.1) is 11.7 Å². The zero-order chi connectivity index (χ0) is 33.1. The number of nitrogens with one attached hydrogen (secondary N) is 1. The number of nitrogens with zero attached hydrogens (tertiary/aromatic N) is 3. The molecule has 14 heteroatoms. The molecule has 0 radical (unpaired) electrons. The quantitative estimate of drug-likeness (QED) is 0.131. The van der Waals surface area contributed by atoms with Crippen LogP contribution in [-0.4, -0.2) is 66.7 Å². The number of likely N-dealkylation sites (tertiary alicyclic amines) is 1. The summed E-state index contributed by atoms with van der Waals surface area (Å²) in [5.74, 6) is -1.13. The summed E-state index contributed by atoms with van der Waals surface area (Å²) in [6.45, 7) is 5.64. The first kappa shape index (κ1) is 34.6. The number of ether oxygens (including phenoxy) is 2. The van der Waals surface area contributed by atoms with Crippen molar-refractivity contribution in [2.45, 2.75) is 64.0 Å². The number of halogens is 6. The van der Waals surface area contributed by atoms with Crippen LogP contribution in [-0.2, 0) is 22.1 Å². The van der Waals surface area contributed by atoms with Gasteiger partial charge in [-0.15, -0.1) is 0 Å². The second kappa shape index (κ2) is 14.0. The van der Waals surface area contributed by atoms with Gasteiger partial charge in [-0.05, 0) is 85.6 Å². The number of hydrogen-bond donors (Lipinski definition) is 1. The number of alkyl halides is 4. The van der Waals surface area contributed by atoms with Gasteiger partial charge in [-0.1, -0.05) is 0 Å². The van der Waals surface area contributed by atoms with Gasteiger partial charge < -0.3 is 14.8 Å². The second-order valence-electron chi connectivity index (χ2n) is 12.1. The summed E-state index contributed by atoms with van der Waals surface area (Å²) >= 11 is 3.40. The standard InChI is InChI=1S/C31H36BrF5N4O4/c1-30(2,3)45-29(43)27(41-15-19(9-10-40-16-20(33)17-40)23(12-26(41)42)31(35,36)37)22-11-21(7-8-25(22)34)44-28(38-4)24(32)14-39-13-18-5-6-18/h7-8,11-12,14-15,18,20,27,38H,5-6,9-10,13,16-17H2,1-4H3/b28-24-,39-14?. The zero-order valence-electron chi connectivity index (χ0n) is 25.4. The van der Waals surface area contributed by atoms with Crippen LogP contribution in [0.2, 0.25) is 0 Å². The van der Waals surface area contributed by atoms with E-state index >= 15 is 4.39 Å². The van der Waals surface area contributed by atoms with E-state index in [1.54, 1.807) is 38.9 Å². The van der Waals surface area contributed by atoms with Gasteiger partial charge >= 0.3 is 12.1 Å². The minimum atomic E-state index is -4.88. The predicted octanol–water partition coefficient (Wildman–Crippen LogP) is 5.78. The highest BCUT2D eigenvalue weighted by atomic mass is 79.9. The molecule has 2 heterocycles. The van der Waals surface area contributed by atoms with Crippen LogP contribution in [0.4, 0.5) is 22.0 Å². The summed E-state index contributed by atoms with van der Waals surface area (Å²) < 4.78 is 83.4. The van der Waals surface area contributed by atoms with Crippen molar-refractivity contribution in [2.75, 3.05) is 33.2 Å². The van der Waals surface area contributed by atoms with E-state index in [2.05, 4.69) is 26.2 Å². The maximum Gasteiger partial charge on any atom is 0.416 e. The monoisotopic (exact) mass is 702 g/mol. The molecule has 246 valence electrons. The lowest BCUT2D eigenvalue weighted by molar-refractivity contribution is -0.157. The number of pyridine rings is 1. The van der Waals surface area contributed by atoms with Gasteiger partial charge in [0.2, 0.25) is 5.88 Å². The summed E-state index contributed by atoms with van der Waals surface area (Å²) in [5, 5.41) is 2.87. The van der Waals surface area contributed by atoms with E-state index in [1.165, 1.54) is 12.1 Å². The van der Waals surface area contributed by atoms with Crippen molar-refractivity contribution in [3.63, 3.8) is 0 Å². The molecule has 2 aliphatic rings. The molecule has 2 aromatic rings. The number of carbonyl (C=O) groups is 1. The topological polar surface area (TPSA) is 85.2 Å². The molecule has 1 saturated heterocycles. The lowest BCUT2D eigenvalue weighted by Gasteiger charge is -2.34. The van der Waals surface area contributed by atoms with Crippen molar-refractivity contribution in [1.82, 2.24) is 14.8 Å². The molecule has 1 atom stereocenters. The average Bonchev–Trinajstić information content (AvgIpc) is 3.74. The fraction of sp³-hybridized carbons (Fsp3) is 0.516. The first-order chi connectivity index (χ1) is 21.1. The molecule has 1 aromatic carbocycles.